The van der Waals surface area contributed by atoms with Gasteiger partial charge in [0.15, 0.2) is 5.65 Å². The summed E-state index contributed by atoms with van der Waals surface area (Å²) >= 11 is 6.22. The molecule has 6 heteroatoms. The number of aromatic nitrogens is 4. The Morgan fingerprint density at radius 2 is 2.00 bits per heavy atom. The molecule has 0 aliphatic carbocycles. The molecule has 0 amide bonds. The molecule has 0 unspecified atom stereocenters. The minimum atomic E-state index is -0.129. The van der Waals surface area contributed by atoms with Crippen molar-refractivity contribution in [2.45, 2.75) is 33.1 Å². The number of anilines is 1. The van der Waals surface area contributed by atoms with Gasteiger partial charge in [-0.15, -0.1) is 0 Å². The van der Waals surface area contributed by atoms with Gasteiger partial charge in [0.25, 0.3) is 0 Å². The highest BCUT2D eigenvalue weighted by molar-refractivity contribution is 6.31. The smallest absolute Gasteiger partial charge is 0.186 e. The number of fused-ring (bicyclic) bond motifs is 1. The van der Waals surface area contributed by atoms with Crippen LogP contribution in [0.25, 0.3) is 16.7 Å². The molecule has 0 atom stereocenters. The summed E-state index contributed by atoms with van der Waals surface area (Å²) in [6.07, 6.45) is 0. The van der Waals surface area contributed by atoms with Crippen molar-refractivity contribution < 1.29 is 0 Å². The molecule has 3 aromatic rings. The van der Waals surface area contributed by atoms with E-state index in [0.717, 1.165) is 28.0 Å². The first kappa shape index (κ1) is 13.9. The van der Waals surface area contributed by atoms with E-state index in [-0.39, 0.29) is 5.41 Å². The summed E-state index contributed by atoms with van der Waals surface area (Å²) in [7, 11) is 0. The first-order valence-electron chi connectivity index (χ1n) is 6.78. The monoisotopic (exact) mass is 303 g/mol. The van der Waals surface area contributed by atoms with Crippen LogP contribution < -0.4 is 5.73 Å². The summed E-state index contributed by atoms with van der Waals surface area (Å²) in [6.45, 7) is 8.28. The first-order valence-corrected chi connectivity index (χ1v) is 7.16. The van der Waals surface area contributed by atoms with Crippen molar-refractivity contribution in [1.82, 2.24) is 20.0 Å². The molecule has 2 aromatic heterocycles. The normalized spacial score (nSPS) is 12.2. The maximum atomic E-state index is 6.22. The van der Waals surface area contributed by atoms with Crippen LogP contribution in [0, 0.1) is 6.92 Å². The molecule has 0 saturated heterocycles. The van der Waals surface area contributed by atoms with E-state index in [2.05, 4.69) is 31.0 Å². The topological polar surface area (TPSA) is 72.5 Å². The molecule has 2 heterocycles. The Morgan fingerprint density at radius 3 is 2.62 bits per heavy atom. The summed E-state index contributed by atoms with van der Waals surface area (Å²) in [5.41, 5.74) is 9.43. The molecule has 0 radical (unpaired) electrons. The first-order chi connectivity index (χ1) is 9.79. The molecule has 5 nitrogen and oxygen atoms in total. The number of nitrogens with two attached hydrogens (primary N) is 1. The number of nitrogen functional groups attached to an aromatic ring is 1. The fourth-order valence-electron chi connectivity index (χ4n) is 2.35. The van der Waals surface area contributed by atoms with Crippen LogP contribution >= 0.6 is 11.6 Å². The molecule has 21 heavy (non-hydrogen) atoms. The lowest BCUT2D eigenvalue weighted by molar-refractivity contribution is 0.564. The second kappa shape index (κ2) is 4.49. The van der Waals surface area contributed by atoms with Crippen molar-refractivity contribution >= 4 is 28.5 Å². The van der Waals surface area contributed by atoms with E-state index in [4.69, 9.17) is 22.4 Å². The Kier molecular flexibility index (Phi) is 2.99. The number of hydrogen-bond donors (Lipinski definition) is 2. The average Bonchev–Trinajstić information content (AvgIpc) is 2.94. The highest BCUT2D eigenvalue weighted by atomic mass is 35.5. The summed E-state index contributed by atoms with van der Waals surface area (Å²) < 4.78 is 1.79. The number of hydrogen-bond acceptors (Lipinski definition) is 3. The van der Waals surface area contributed by atoms with Crippen LogP contribution in [0.3, 0.4) is 0 Å². The molecule has 0 spiro atoms. The second-order valence-corrected chi connectivity index (χ2v) is 6.69. The largest absolute Gasteiger partial charge is 0.383 e. The molecule has 0 bridgehead atoms. The number of benzene rings is 1. The number of halogens is 1. The Morgan fingerprint density at radius 1 is 1.29 bits per heavy atom. The zero-order valence-corrected chi connectivity index (χ0v) is 13.3. The van der Waals surface area contributed by atoms with Gasteiger partial charge in [-0.1, -0.05) is 38.4 Å². The minimum absolute atomic E-state index is 0.129. The quantitative estimate of drug-likeness (QED) is 0.721. The molecule has 0 aliphatic rings. The fraction of sp³-hybridized carbons (Fsp3) is 0.333. The van der Waals surface area contributed by atoms with E-state index >= 15 is 0 Å². The summed E-state index contributed by atoms with van der Waals surface area (Å²) in [5, 5.41) is 13.4. The third kappa shape index (κ3) is 2.17. The van der Waals surface area contributed by atoms with Gasteiger partial charge < -0.3 is 5.73 Å². The van der Waals surface area contributed by atoms with Crippen molar-refractivity contribution in [3.8, 4) is 5.69 Å². The molecule has 0 aliphatic heterocycles. The maximum absolute atomic E-state index is 6.22. The summed E-state index contributed by atoms with van der Waals surface area (Å²) in [4.78, 5) is 0. The number of aromatic amines is 1. The van der Waals surface area contributed by atoms with Crippen molar-refractivity contribution in [3.05, 3.63) is 34.5 Å². The predicted molar refractivity (Wildman–Crippen MR) is 86.1 cm³/mol. The SMILES string of the molecule is Cc1ccc(-n2nc(C(C)(C)C)c3c(N)[nH]nc32)cc1Cl. The molecule has 1 aromatic carbocycles. The number of aryl methyl sites for hydroxylation is 1. The molecule has 3 N–H and O–H groups in total. The summed E-state index contributed by atoms with van der Waals surface area (Å²) in [5.74, 6) is 0.541. The van der Waals surface area contributed by atoms with Crippen LogP contribution in [0.15, 0.2) is 18.2 Å². The molecule has 0 saturated carbocycles. The van der Waals surface area contributed by atoms with E-state index in [0.29, 0.717) is 10.8 Å². The molecular formula is C15H18ClN5. The lowest BCUT2D eigenvalue weighted by atomic mass is 9.91. The van der Waals surface area contributed by atoms with Gasteiger partial charge in [-0.3, -0.25) is 5.10 Å². The van der Waals surface area contributed by atoms with E-state index < -0.39 is 0 Å². The highest BCUT2D eigenvalue weighted by Crippen LogP contribution is 2.33. The molecule has 0 fully saturated rings. The van der Waals surface area contributed by atoms with Crippen LogP contribution in [0.5, 0.6) is 0 Å². The number of nitrogens with zero attached hydrogens (tertiary/aromatic N) is 3. The maximum Gasteiger partial charge on any atom is 0.186 e. The van der Waals surface area contributed by atoms with Gasteiger partial charge in [0, 0.05) is 10.4 Å². The molecular weight excluding hydrogens is 286 g/mol. The Labute approximate surface area is 128 Å². The Bertz CT molecular complexity index is 823. The minimum Gasteiger partial charge on any atom is -0.383 e. The van der Waals surface area contributed by atoms with Crippen molar-refractivity contribution in [2.75, 3.05) is 5.73 Å². The molecule has 110 valence electrons. The van der Waals surface area contributed by atoms with Crippen molar-refractivity contribution in [3.63, 3.8) is 0 Å². The van der Waals surface area contributed by atoms with Crippen molar-refractivity contribution in [1.29, 1.82) is 0 Å². The van der Waals surface area contributed by atoms with Gasteiger partial charge in [0.1, 0.15) is 5.82 Å². The van der Waals surface area contributed by atoms with Crippen LogP contribution in [0.4, 0.5) is 5.82 Å². The number of nitrogens with one attached hydrogen (secondary N) is 1. The Hall–Kier alpha value is -2.01. The average molecular weight is 304 g/mol. The predicted octanol–water partition coefficient (Wildman–Crippen LogP) is 3.59. The lowest BCUT2D eigenvalue weighted by Crippen LogP contribution is -2.13. The second-order valence-electron chi connectivity index (χ2n) is 6.28. The number of rotatable bonds is 1. The van der Waals surface area contributed by atoms with Crippen molar-refractivity contribution in [2.24, 2.45) is 0 Å². The molecule has 3 rings (SSSR count). The van der Waals surface area contributed by atoms with Crippen LogP contribution in [-0.4, -0.2) is 20.0 Å². The highest BCUT2D eigenvalue weighted by Gasteiger charge is 2.26. The number of H-pyrrole nitrogens is 1. The van der Waals surface area contributed by atoms with E-state index in [1.807, 2.05) is 25.1 Å². The van der Waals surface area contributed by atoms with Gasteiger partial charge in [-0.25, -0.2) is 4.68 Å². The van der Waals surface area contributed by atoms with Gasteiger partial charge in [-0.2, -0.15) is 10.2 Å². The fourth-order valence-corrected chi connectivity index (χ4v) is 2.52. The van der Waals surface area contributed by atoms with Crippen LogP contribution in [0.1, 0.15) is 32.0 Å². The van der Waals surface area contributed by atoms with Crippen LogP contribution in [-0.2, 0) is 5.41 Å². The standard InChI is InChI=1S/C15H18ClN5/c1-8-5-6-9(7-10(8)16)21-14-11(13(17)18-19-14)12(20-21)15(2,3)4/h5-7H,1-4H3,(H3,17,18,19). The van der Waals surface area contributed by atoms with Gasteiger partial charge >= 0.3 is 0 Å². The summed E-state index contributed by atoms with van der Waals surface area (Å²) in [6, 6.07) is 5.84. The zero-order valence-electron chi connectivity index (χ0n) is 12.5. The van der Waals surface area contributed by atoms with E-state index in [9.17, 15) is 0 Å². The van der Waals surface area contributed by atoms with E-state index in [1.165, 1.54) is 0 Å². The van der Waals surface area contributed by atoms with Crippen LogP contribution in [0.2, 0.25) is 5.02 Å². The van der Waals surface area contributed by atoms with Gasteiger partial charge in [0.05, 0.1) is 16.8 Å². The zero-order chi connectivity index (χ0) is 15.4. The third-order valence-corrected chi connectivity index (χ3v) is 3.93. The van der Waals surface area contributed by atoms with Gasteiger partial charge in [0.2, 0.25) is 0 Å². The lowest BCUT2D eigenvalue weighted by Gasteiger charge is -2.15. The Balaban J connectivity index is 2.31. The third-order valence-electron chi connectivity index (χ3n) is 3.52. The van der Waals surface area contributed by atoms with Gasteiger partial charge in [-0.05, 0) is 24.6 Å². The van der Waals surface area contributed by atoms with E-state index in [1.54, 1.807) is 4.68 Å².